The smallest absolute Gasteiger partial charge is 0.273 e. The lowest BCUT2D eigenvalue weighted by Crippen LogP contribution is -2.22. The zero-order valence-corrected chi connectivity index (χ0v) is 11.8. The first-order chi connectivity index (χ1) is 9.70. The number of hydrogen-bond acceptors (Lipinski definition) is 5. The molecule has 0 bridgehead atoms. The van der Waals surface area contributed by atoms with Gasteiger partial charge >= 0.3 is 0 Å². The van der Waals surface area contributed by atoms with E-state index < -0.39 is 0 Å². The van der Waals surface area contributed by atoms with E-state index in [0.29, 0.717) is 18.7 Å². The average Bonchev–Trinajstić information content (AvgIpc) is 3.05. The van der Waals surface area contributed by atoms with Gasteiger partial charge in [-0.3, -0.25) is 4.79 Å². The van der Waals surface area contributed by atoms with Gasteiger partial charge in [-0.05, 0) is 18.4 Å². The third-order valence-corrected chi connectivity index (χ3v) is 3.40. The van der Waals surface area contributed by atoms with Crippen molar-refractivity contribution in [3.8, 4) is 11.8 Å². The largest absolute Gasteiger partial charge is 0.395 e. The van der Waals surface area contributed by atoms with Crippen LogP contribution in [0.5, 0.6) is 0 Å². The number of nitrogens with one attached hydrogen (secondary N) is 1. The molecule has 0 aliphatic rings. The van der Waals surface area contributed by atoms with E-state index in [9.17, 15) is 4.79 Å². The van der Waals surface area contributed by atoms with Crippen molar-refractivity contribution in [1.29, 1.82) is 0 Å². The topological polar surface area (TPSA) is 75.4 Å². The van der Waals surface area contributed by atoms with Crippen LogP contribution in [0.2, 0.25) is 0 Å². The van der Waals surface area contributed by atoms with Crippen molar-refractivity contribution >= 4 is 17.2 Å². The SMILES string of the molecule is Cc1cc(C(=O)NCc2sccc2C#CCCO)no1. The molecule has 6 heteroatoms. The molecule has 104 valence electrons. The third kappa shape index (κ3) is 3.70. The number of carbonyl (C=O) groups is 1. The number of amides is 1. The Labute approximate surface area is 120 Å². The molecule has 0 aliphatic carbocycles. The first-order valence-electron chi connectivity index (χ1n) is 6.08. The molecular weight excluding hydrogens is 276 g/mol. The fourth-order valence-corrected chi connectivity index (χ4v) is 2.30. The molecule has 2 rings (SSSR count). The van der Waals surface area contributed by atoms with E-state index in [1.807, 2.05) is 11.4 Å². The van der Waals surface area contributed by atoms with Crippen molar-refractivity contribution < 1.29 is 14.4 Å². The maximum atomic E-state index is 11.8. The number of thiophene rings is 1. The fourth-order valence-electron chi connectivity index (χ4n) is 1.53. The second-order valence-electron chi connectivity index (χ2n) is 4.04. The molecule has 0 radical (unpaired) electrons. The van der Waals surface area contributed by atoms with Gasteiger partial charge in [-0.1, -0.05) is 17.0 Å². The maximum absolute atomic E-state index is 11.8. The second-order valence-corrected chi connectivity index (χ2v) is 5.04. The lowest BCUT2D eigenvalue weighted by molar-refractivity contribution is 0.0942. The van der Waals surface area contributed by atoms with Gasteiger partial charge in [0.05, 0.1) is 13.2 Å². The Balaban J connectivity index is 1.96. The zero-order valence-electron chi connectivity index (χ0n) is 11.0. The molecular formula is C14H14N2O3S. The highest BCUT2D eigenvalue weighted by atomic mass is 32.1. The van der Waals surface area contributed by atoms with Crippen LogP contribution in [-0.4, -0.2) is 22.8 Å². The number of aromatic nitrogens is 1. The van der Waals surface area contributed by atoms with Crippen molar-refractivity contribution in [3.63, 3.8) is 0 Å². The molecule has 0 atom stereocenters. The van der Waals surface area contributed by atoms with E-state index in [0.717, 1.165) is 10.4 Å². The number of aryl methyl sites for hydroxylation is 1. The van der Waals surface area contributed by atoms with Crippen molar-refractivity contribution in [2.75, 3.05) is 6.61 Å². The number of carbonyl (C=O) groups excluding carboxylic acids is 1. The summed E-state index contributed by atoms with van der Waals surface area (Å²) in [6.07, 6.45) is 0.444. The highest BCUT2D eigenvalue weighted by Crippen LogP contribution is 2.15. The Morgan fingerprint density at radius 2 is 2.45 bits per heavy atom. The summed E-state index contributed by atoms with van der Waals surface area (Å²) < 4.78 is 4.86. The van der Waals surface area contributed by atoms with Crippen LogP contribution in [0.3, 0.4) is 0 Å². The van der Waals surface area contributed by atoms with Crippen LogP contribution in [0.15, 0.2) is 22.0 Å². The summed E-state index contributed by atoms with van der Waals surface area (Å²) in [5.74, 6) is 6.17. The summed E-state index contributed by atoms with van der Waals surface area (Å²) in [4.78, 5) is 12.8. The predicted molar refractivity (Wildman–Crippen MR) is 75.3 cm³/mol. The van der Waals surface area contributed by atoms with E-state index in [-0.39, 0.29) is 18.2 Å². The maximum Gasteiger partial charge on any atom is 0.273 e. The minimum absolute atomic E-state index is 0.0503. The molecule has 2 aromatic rings. The Bertz CT molecular complexity index is 649. The molecule has 2 aromatic heterocycles. The number of aliphatic hydroxyl groups is 1. The van der Waals surface area contributed by atoms with Gasteiger partial charge in [-0.25, -0.2) is 0 Å². The molecule has 20 heavy (non-hydrogen) atoms. The van der Waals surface area contributed by atoms with E-state index >= 15 is 0 Å². The molecule has 0 spiro atoms. The van der Waals surface area contributed by atoms with E-state index in [2.05, 4.69) is 22.3 Å². The summed E-state index contributed by atoms with van der Waals surface area (Å²) in [5.41, 5.74) is 1.15. The van der Waals surface area contributed by atoms with Gasteiger partial charge in [0, 0.05) is 22.9 Å². The van der Waals surface area contributed by atoms with Gasteiger partial charge in [0.15, 0.2) is 5.69 Å². The summed E-state index contributed by atoms with van der Waals surface area (Å²) in [7, 11) is 0. The number of aliphatic hydroxyl groups excluding tert-OH is 1. The molecule has 0 saturated heterocycles. The molecule has 0 aliphatic heterocycles. The van der Waals surface area contributed by atoms with E-state index in [4.69, 9.17) is 9.63 Å². The number of hydrogen-bond donors (Lipinski definition) is 2. The van der Waals surface area contributed by atoms with Gasteiger partial charge < -0.3 is 14.9 Å². The Morgan fingerprint density at radius 1 is 1.60 bits per heavy atom. The van der Waals surface area contributed by atoms with Gasteiger partial charge in [-0.15, -0.1) is 11.3 Å². The zero-order chi connectivity index (χ0) is 14.4. The Morgan fingerprint density at radius 3 is 3.15 bits per heavy atom. The van der Waals surface area contributed by atoms with Crippen LogP contribution in [0.1, 0.15) is 33.1 Å². The van der Waals surface area contributed by atoms with Crippen LogP contribution in [0, 0.1) is 18.8 Å². The molecule has 5 nitrogen and oxygen atoms in total. The average molecular weight is 290 g/mol. The molecule has 2 N–H and O–H groups in total. The fraction of sp³-hybridized carbons (Fsp3) is 0.286. The molecule has 0 unspecified atom stereocenters. The lowest BCUT2D eigenvalue weighted by Gasteiger charge is -2.01. The second kappa shape index (κ2) is 6.89. The quantitative estimate of drug-likeness (QED) is 0.841. The van der Waals surface area contributed by atoms with Crippen molar-refractivity contribution in [1.82, 2.24) is 10.5 Å². The standard InChI is InChI=1S/C14H14N2O3S/c1-10-8-12(16-19-10)14(18)15-9-13-11(5-7-20-13)4-2-3-6-17/h5,7-8,17H,3,6,9H2,1H3,(H,15,18). The molecule has 0 aromatic carbocycles. The summed E-state index contributed by atoms with van der Waals surface area (Å²) in [6.45, 7) is 2.18. The van der Waals surface area contributed by atoms with Crippen molar-refractivity contribution in [3.05, 3.63) is 39.4 Å². The van der Waals surface area contributed by atoms with Gasteiger partial charge in [0.25, 0.3) is 5.91 Å². The van der Waals surface area contributed by atoms with Crippen LogP contribution >= 0.6 is 11.3 Å². The van der Waals surface area contributed by atoms with Gasteiger partial charge in [0.2, 0.25) is 0 Å². The highest BCUT2D eigenvalue weighted by molar-refractivity contribution is 7.10. The van der Waals surface area contributed by atoms with Crippen molar-refractivity contribution in [2.45, 2.75) is 19.9 Å². The highest BCUT2D eigenvalue weighted by Gasteiger charge is 2.11. The minimum Gasteiger partial charge on any atom is -0.395 e. The molecule has 1 amide bonds. The Hall–Kier alpha value is -2.10. The third-order valence-electron chi connectivity index (χ3n) is 2.48. The van der Waals surface area contributed by atoms with E-state index in [1.165, 1.54) is 11.3 Å². The predicted octanol–water partition coefficient (Wildman–Crippen LogP) is 1.71. The molecule has 2 heterocycles. The summed E-state index contributed by atoms with van der Waals surface area (Å²) >= 11 is 1.53. The lowest BCUT2D eigenvalue weighted by atomic mass is 10.2. The van der Waals surface area contributed by atoms with Crippen LogP contribution < -0.4 is 5.32 Å². The number of nitrogens with zero attached hydrogens (tertiary/aromatic N) is 1. The van der Waals surface area contributed by atoms with E-state index in [1.54, 1.807) is 13.0 Å². The van der Waals surface area contributed by atoms with Crippen LogP contribution in [-0.2, 0) is 6.54 Å². The van der Waals surface area contributed by atoms with Crippen LogP contribution in [0.25, 0.3) is 0 Å². The first-order valence-corrected chi connectivity index (χ1v) is 6.96. The normalized spacial score (nSPS) is 9.90. The molecule has 0 saturated carbocycles. The first kappa shape index (κ1) is 14.3. The van der Waals surface area contributed by atoms with Gasteiger partial charge in [0.1, 0.15) is 5.76 Å². The summed E-state index contributed by atoms with van der Waals surface area (Å²) in [5, 5.41) is 17.1. The Kier molecular flexibility index (Phi) is 4.93. The number of rotatable bonds is 4. The monoisotopic (exact) mass is 290 g/mol. The minimum atomic E-state index is -0.274. The van der Waals surface area contributed by atoms with Gasteiger partial charge in [-0.2, -0.15) is 0 Å². The molecule has 0 fully saturated rings. The summed E-state index contributed by atoms with van der Waals surface area (Å²) in [6, 6.07) is 3.49. The van der Waals surface area contributed by atoms with Crippen LogP contribution in [0.4, 0.5) is 0 Å². The van der Waals surface area contributed by atoms with Crippen molar-refractivity contribution in [2.24, 2.45) is 0 Å².